The number of benzene rings is 1. The number of carbonyl (C=O) groups excluding carboxylic acids is 1. The molecule has 4 heteroatoms. The van der Waals surface area contributed by atoms with Gasteiger partial charge in [-0.05, 0) is 50.4 Å². The highest BCUT2D eigenvalue weighted by Gasteiger charge is 2.15. The van der Waals surface area contributed by atoms with Crippen LogP contribution in [0, 0.1) is 13.8 Å². The summed E-state index contributed by atoms with van der Waals surface area (Å²) in [6, 6.07) is 6.25. The highest BCUT2D eigenvalue weighted by Crippen LogP contribution is 2.18. The minimum atomic E-state index is -0.0467. The van der Waals surface area contributed by atoms with E-state index in [-0.39, 0.29) is 18.6 Å². The first-order valence-corrected chi connectivity index (χ1v) is 6.85. The van der Waals surface area contributed by atoms with Crippen molar-refractivity contribution in [2.24, 2.45) is 0 Å². The Morgan fingerprint density at radius 1 is 1.47 bits per heavy atom. The second kappa shape index (κ2) is 6.57. The summed E-state index contributed by atoms with van der Waals surface area (Å²) in [7, 11) is 0. The molecule has 2 rings (SSSR count). The molecule has 0 saturated carbocycles. The summed E-state index contributed by atoms with van der Waals surface area (Å²) >= 11 is 0. The Balaban J connectivity index is 1.81. The Morgan fingerprint density at radius 2 is 2.32 bits per heavy atom. The molecular weight excluding hydrogens is 240 g/mol. The van der Waals surface area contributed by atoms with Gasteiger partial charge < -0.3 is 15.4 Å². The van der Waals surface area contributed by atoms with Crippen molar-refractivity contribution in [1.82, 2.24) is 10.6 Å². The molecule has 1 unspecified atom stereocenters. The molecule has 19 heavy (non-hydrogen) atoms. The number of amides is 1. The first kappa shape index (κ1) is 13.9. The molecule has 1 saturated heterocycles. The van der Waals surface area contributed by atoms with Gasteiger partial charge in [-0.2, -0.15) is 0 Å². The zero-order chi connectivity index (χ0) is 13.7. The van der Waals surface area contributed by atoms with Crippen molar-refractivity contribution in [3.8, 4) is 5.75 Å². The van der Waals surface area contributed by atoms with Gasteiger partial charge in [-0.25, -0.2) is 0 Å². The van der Waals surface area contributed by atoms with Crippen LogP contribution in [0.5, 0.6) is 5.75 Å². The van der Waals surface area contributed by atoms with Crippen LogP contribution in [-0.4, -0.2) is 31.6 Å². The molecule has 0 spiro atoms. The summed E-state index contributed by atoms with van der Waals surface area (Å²) in [5, 5.41) is 6.27. The molecule has 104 valence electrons. The van der Waals surface area contributed by atoms with E-state index in [4.69, 9.17) is 4.74 Å². The van der Waals surface area contributed by atoms with Gasteiger partial charge in [0.1, 0.15) is 5.75 Å². The maximum atomic E-state index is 11.8. The average molecular weight is 262 g/mol. The quantitative estimate of drug-likeness (QED) is 0.865. The van der Waals surface area contributed by atoms with Crippen LogP contribution in [0.1, 0.15) is 24.0 Å². The molecule has 4 nitrogen and oxygen atoms in total. The van der Waals surface area contributed by atoms with Gasteiger partial charge in [-0.3, -0.25) is 4.79 Å². The number of rotatable bonds is 4. The Bertz CT molecular complexity index is 440. The molecule has 2 N–H and O–H groups in total. The SMILES string of the molecule is Cc1ccc(C)c(OCC(=O)NC2CCCNC2)c1. The van der Waals surface area contributed by atoms with Crippen LogP contribution in [0.3, 0.4) is 0 Å². The molecule has 0 bridgehead atoms. The van der Waals surface area contributed by atoms with Crippen LogP contribution in [-0.2, 0) is 4.79 Å². The number of carbonyl (C=O) groups is 1. The van der Waals surface area contributed by atoms with Gasteiger partial charge in [-0.15, -0.1) is 0 Å². The van der Waals surface area contributed by atoms with Crippen molar-refractivity contribution >= 4 is 5.91 Å². The van der Waals surface area contributed by atoms with Crippen LogP contribution in [0.15, 0.2) is 18.2 Å². The Kier molecular flexibility index (Phi) is 4.80. The molecule has 1 aliphatic rings. The second-order valence-electron chi connectivity index (χ2n) is 5.17. The standard InChI is InChI=1S/C15H22N2O2/c1-11-5-6-12(2)14(8-11)19-10-15(18)17-13-4-3-7-16-9-13/h5-6,8,13,16H,3-4,7,9-10H2,1-2H3,(H,17,18). The molecule has 0 aromatic heterocycles. The molecule has 0 radical (unpaired) electrons. The first-order chi connectivity index (χ1) is 9.15. The molecule has 1 fully saturated rings. The number of nitrogens with one attached hydrogen (secondary N) is 2. The maximum absolute atomic E-state index is 11.8. The molecule has 1 amide bonds. The fraction of sp³-hybridized carbons (Fsp3) is 0.533. The Hall–Kier alpha value is -1.55. The smallest absolute Gasteiger partial charge is 0.258 e. The fourth-order valence-corrected chi connectivity index (χ4v) is 2.25. The van der Waals surface area contributed by atoms with Crippen molar-refractivity contribution in [3.63, 3.8) is 0 Å². The average Bonchev–Trinajstić information content (AvgIpc) is 2.41. The molecule has 1 heterocycles. The minimum absolute atomic E-state index is 0.0467. The topological polar surface area (TPSA) is 50.4 Å². The lowest BCUT2D eigenvalue weighted by Crippen LogP contribution is -2.47. The normalized spacial score (nSPS) is 18.9. The molecular formula is C15H22N2O2. The summed E-state index contributed by atoms with van der Waals surface area (Å²) in [6.07, 6.45) is 2.16. The van der Waals surface area contributed by atoms with E-state index in [0.717, 1.165) is 42.8 Å². The van der Waals surface area contributed by atoms with Gasteiger partial charge in [0.2, 0.25) is 0 Å². The summed E-state index contributed by atoms with van der Waals surface area (Å²) in [6.45, 7) is 5.99. The van der Waals surface area contributed by atoms with E-state index in [1.54, 1.807) is 0 Å². The van der Waals surface area contributed by atoms with Gasteiger partial charge in [0.05, 0.1) is 0 Å². The first-order valence-electron chi connectivity index (χ1n) is 6.85. The van der Waals surface area contributed by atoms with Gasteiger partial charge in [-0.1, -0.05) is 12.1 Å². The number of piperidine rings is 1. The highest BCUT2D eigenvalue weighted by molar-refractivity contribution is 5.77. The fourth-order valence-electron chi connectivity index (χ4n) is 2.25. The van der Waals surface area contributed by atoms with Gasteiger partial charge in [0.25, 0.3) is 5.91 Å². The van der Waals surface area contributed by atoms with Crippen LogP contribution in [0.4, 0.5) is 0 Å². The lowest BCUT2D eigenvalue weighted by atomic mass is 10.1. The largest absolute Gasteiger partial charge is 0.483 e. The molecule has 1 atom stereocenters. The third-order valence-corrected chi connectivity index (χ3v) is 3.36. The van der Waals surface area contributed by atoms with Gasteiger partial charge >= 0.3 is 0 Å². The van der Waals surface area contributed by atoms with E-state index in [2.05, 4.69) is 10.6 Å². The number of aryl methyl sites for hydroxylation is 2. The molecule has 0 aliphatic carbocycles. The van der Waals surface area contributed by atoms with E-state index in [9.17, 15) is 4.79 Å². The van der Waals surface area contributed by atoms with E-state index >= 15 is 0 Å². The van der Waals surface area contributed by atoms with Gasteiger partial charge in [0.15, 0.2) is 6.61 Å². The third-order valence-electron chi connectivity index (χ3n) is 3.36. The zero-order valence-electron chi connectivity index (χ0n) is 11.7. The second-order valence-corrected chi connectivity index (χ2v) is 5.17. The van der Waals surface area contributed by atoms with Crippen molar-refractivity contribution in [3.05, 3.63) is 29.3 Å². The molecule has 1 aliphatic heterocycles. The zero-order valence-corrected chi connectivity index (χ0v) is 11.7. The van der Waals surface area contributed by atoms with Crippen molar-refractivity contribution in [2.75, 3.05) is 19.7 Å². The number of hydrogen-bond donors (Lipinski definition) is 2. The van der Waals surface area contributed by atoms with E-state index in [1.165, 1.54) is 0 Å². The molecule has 1 aromatic carbocycles. The predicted molar refractivity (Wildman–Crippen MR) is 75.4 cm³/mol. The summed E-state index contributed by atoms with van der Waals surface area (Å²) in [5.74, 6) is 0.742. The maximum Gasteiger partial charge on any atom is 0.258 e. The number of ether oxygens (including phenoxy) is 1. The monoisotopic (exact) mass is 262 g/mol. The molecule has 1 aromatic rings. The van der Waals surface area contributed by atoms with E-state index in [0.29, 0.717) is 0 Å². The van der Waals surface area contributed by atoms with Crippen molar-refractivity contribution in [1.29, 1.82) is 0 Å². The highest BCUT2D eigenvalue weighted by atomic mass is 16.5. The van der Waals surface area contributed by atoms with Crippen molar-refractivity contribution < 1.29 is 9.53 Å². The third kappa shape index (κ3) is 4.24. The van der Waals surface area contributed by atoms with E-state index < -0.39 is 0 Å². The summed E-state index contributed by atoms with van der Waals surface area (Å²) in [5.41, 5.74) is 2.19. The number of hydrogen-bond acceptors (Lipinski definition) is 3. The Labute approximate surface area is 114 Å². The van der Waals surface area contributed by atoms with Crippen LogP contribution >= 0.6 is 0 Å². The van der Waals surface area contributed by atoms with E-state index in [1.807, 2.05) is 32.0 Å². The van der Waals surface area contributed by atoms with Crippen LogP contribution in [0.25, 0.3) is 0 Å². The summed E-state index contributed by atoms with van der Waals surface area (Å²) < 4.78 is 5.59. The van der Waals surface area contributed by atoms with Crippen LogP contribution < -0.4 is 15.4 Å². The lowest BCUT2D eigenvalue weighted by molar-refractivity contribution is -0.123. The minimum Gasteiger partial charge on any atom is -0.483 e. The summed E-state index contributed by atoms with van der Waals surface area (Å²) in [4.78, 5) is 11.8. The van der Waals surface area contributed by atoms with Crippen molar-refractivity contribution in [2.45, 2.75) is 32.7 Å². The van der Waals surface area contributed by atoms with Gasteiger partial charge in [0, 0.05) is 12.6 Å². The lowest BCUT2D eigenvalue weighted by Gasteiger charge is -2.23. The predicted octanol–water partition coefficient (Wildman–Crippen LogP) is 1.55. The Morgan fingerprint density at radius 3 is 3.05 bits per heavy atom. The van der Waals surface area contributed by atoms with Crippen LogP contribution in [0.2, 0.25) is 0 Å².